The van der Waals surface area contributed by atoms with Crippen molar-refractivity contribution < 1.29 is 4.79 Å². The highest BCUT2D eigenvalue weighted by Gasteiger charge is 2.35. The average molecular weight is 327 g/mol. The van der Waals surface area contributed by atoms with Crippen LogP contribution in [0.3, 0.4) is 0 Å². The summed E-state index contributed by atoms with van der Waals surface area (Å²) in [4.78, 5) is 32.6. The zero-order valence-corrected chi connectivity index (χ0v) is 14.6. The van der Waals surface area contributed by atoms with E-state index < -0.39 is 0 Å². The number of amides is 1. The number of carbonyl (C=O) groups is 1. The van der Waals surface area contributed by atoms with E-state index in [1.54, 1.807) is 6.07 Å². The molecule has 1 aliphatic carbocycles. The first-order chi connectivity index (χ1) is 11.3. The van der Waals surface area contributed by atoms with Crippen molar-refractivity contribution in [1.29, 1.82) is 0 Å². The van der Waals surface area contributed by atoms with Crippen LogP contribution in [0.2, 0.25) is 0 Å². The molecule has 2 aromatic rings. The van der Waals surface area contributed by atoms with Crippen LogP contribution in [0.1, 0.15) is 58.2 Å². The summed E-state index contributed by atoms with van der Waals surface area (Å²) in [6.07, 6.45) is 3.81. The third-order valence-electron chi connectivity index (χ3n) is 4.58. The number of rotatable bonds is 2. The van der Waals surface area contributed by atoms with Gasteiger partial charge in [-0.3, -0.25) is 9.59 Å². The Labute approximate surface area is 141 Å². The summed E-state index contributed by atoms with van der Waals surface area (Å²) in [6, 6.07) is 7.33. The van der Waals surface area contributed by atoms with E-state index >= 15 is 0 Å². The summed E-state index contributed by atoms with van der Waals surface area (Å²) in [5, 5.41) is 3.67. The maximum atomic E-state index is 12.7. The second-order valence-electron chi connectivity index (χ2n) is 7.71. The highest BCUT2D eigenvalue weighted by molar-refractivity contribution is 5.81. The van der Waals surface area contributed by atoms with Gasteiger partial charge in [0, 0.05) is 17.4 Å². The fourth-order valence-electron chi connectivity index (χ4n) is 3.51. The van der Waals surface area contributed by atoms with Crippen LogP contribution in [0, 0.1) is 5.92 Å². The van der Waals surface area contributed by atoms with E-state index in [1.807, 2.05) is 39.0 Å². The number of fused-ring (bicyclic) bond motifs is 1. The van der Waals surface area contributed by atoms with Gasteiger partial charge in [0.2, 0.25) is 5.91 Å². The summed E-state index contributed by atoms with van der Waals surface area (Å²) in [5.41, 5.74) is 0.302. The smallest absolute Gasteiger partial charge is 0.258 e. The van der Waals surface area contributed by atoms with Crippen molar-refractivity contribution in [2.75, 3.05) is 0 Å². The van der Waals surface area contributed by atoms with Crippen molar-refractivity contribution in [1.82, 2.24) is 15.3 Å². The van der Waals surface area contributed by atoms with Crippen LogP contribution in [0.4, 0.5) is 0 Å². The molecule has 0 bridgehead atoms. The van der Waals surface area contributed by atoms with E-state index in [1.165, 1.54) is 0 Å². The van der Waals surface area contributed by atoms with E-state index in [9.17, 15) is 9.59 Å². The SMILES string of the molecule is CC(C)(C)NC(=O)[C@@H]1CCCC[C@H]1c1nc2ccccc2c(=O)[nH]1. The number of hydrogen-bond acceptors (Lipinski definition) is 3. The molecule has 0 radical (unpaired) electrons. The van der Waals surface area contributed by atoms with Gasteiger partial charge in [-0.15, -0.1) is 0 Å². The largest absolute Gasteiger partial charge is 0.351 e. The highest BCUT2D eigenvalue weighted by atomic mass is 16.2. The molecule has 1 amide bonds. The summed E-state index contributed by atoms with van der Waals surface area (Å²) >= 11 is 0. The lowest BCUT2D eigenvalue weighted by molar-refractivity contribution is -0.128. The Kier molecular flexibility index (Phi) is 4.43. The molecule has 128 valence electrons. The second kappa shape index (κ2) is 6.38. The number of carbonyl (C=O) groups excluding carboxylic acids is 1. The quantitative estimate of drug-likeness (QED) is 0.890. The Morgan fingerprint density at radius 1 is 1.21 bits per heavy atom. The minimum absolute atomic E-state index is 0.0293. The van der Waals surface area contributed by atoms with E-state index in [4.69, 9.17) is 0 Å². The maximum absolute atomic E-state index is 12.7. The Bertz CT molecular complexity index is 804. The third kappa shape index (κ3) is 3.50. The summed E-state index contributed by atoms with van der Waals surface area (Å²) in [5.74, 6) is 0.538. The zero-order valence-electron chi connectivity index (χ0n) is 14.6. The Hall–Kier alpha value is -2.17. The standard InChI is InChI=1S/C19H25N3O2/c1-19(2,3)22-18(24)13-9-5-4-8-12(13)16-20-15-11-7-6-10-14(15)17(23)21-16/h6-7,10-13H,4-5,8-9H2,1-3H3,(H,22,24)(H,20,21,23)/t12-,13-/m1/s1. The molecule has 0 aliphatic heterocycles. The molecule has 1 heterocycles. The van der Waals surface area contributed by atoms with Crippen molar-refractivity contribution in [3.8, 4) is 0 Å². The van der Waals surface area contributed by atoms with E-state index in [0.717, 1.165) is 25.7 Å². The number of H-pyrrole nitrogens is 1. The van der Waals surface area contributed by atoms with Crippen molar-refractivity contribution in [2.24, 2.45) is 5.92 Å². The van der Waals surface area contributed by atoms with Crippen LogP contribution in [0.25, 0.3) is 10.9 Å². The van der Waals surface area contributed by atoms with Gasteiger partial charge in [0.1, 0.15) is 5.82 Å². The first-order valence-corrected chi connectivity index (χ1v) is 8.66. The molecule has 2 atom stereocenters. The third-order valence-corrected chi connectivity index (χ3v) is 4.58. The van der Waals surface area contributed by atoms with Crippen LogP contribution >= 0.6 is 0 Å². The van der Waals surface area contributed by atoms with Crippen LogP contribution in [0.5, 0.6) is 0 Å². The lowest BCUT2D eigenvalue weighted by Gasteiger charge is -2.32. The lowest BCUT2D eigenvalue weighted by Crippen LogP contribution is -2.46. The monoisotopic (exact) mass is 327 g/mol. The number of para-hydroxylation sites is 1. The predicted molar refractivity (Wildman–Crippen MR) is 95.0 cm³/mol. The topological polar surface area (TPSA) is 74.8 Å². The molecule has 1 aromatic heterocycles. The summed E-state index contributed by atoms with van der Waals surface area (Å²) in [6.45, 7) is 5.96. The molecule has 24 heavy (non-hydrogen) atoms. The predicted octanol–water partition coefficient (Wildman–Crippen LogP) is 3.11. The van der Waals surface area contributed by atoms with Crippen LogP contribution in [-0.4, -0.2) is 21.4 Å². The number of hydrogen-bond donors (Lipinski definition) is 2. The molecule has 1 aromatic carbocycles. The maximum Gasteiger partial charge on any atom is 0.258 e. The Balaban J connectivity index is 1.96. The molecule has 1 aliphatic rings. The molecule has 2 N–H and O–H groups in total. The van der Waals surface area contributed by atoms with Gasteiger partial charge in [0.05, 0.1) is 10.9 Å². The molecule has 3 rings (SSSR count). The van der Waals surface area contributed by atoms with Crippen molar-refractivity contribution in [3.05, 3.63) is 40.4 Å². The van der Waals surface area contributed by atoms with Crippen LogP contribution < -0.4 is 10.9 Å². The van der Waals surface area contributed by atoms with Gasteiger partial charge in [-0.05, 0) is 45.7 Å². The number of nitrogens with one attached hydrogen (secondary N) is 2. The Morgan fingerprint density at radius 2 is 1.92 bits per heavy atom. The van der Waals surface area contributed by atoms with Gasteiger partial charge >= 0.3 is 0 Å². The average Bonchev–Trinajstić information content (AvgIpc) is 2.53. The van der Waals surface area contributed by atoms with E-state index in [2.05, 4.69) is 15.3 Å². The number of nitrogens with zero attached hydrogens (tertiary/aromatic N) is 1. The van der Waals surface area contributed by atoms with Crippen LogP contribution in [0.15, 0.2) is 29.1 Å². The van der Waals surface area contributed by atoms with Crippen molar-refractivity contribution in [3.63, 3.8) is 0 Å². The van der Waals surface area contributed by atoms with E-state index in [-0.39, 0.29) is 28.8 Å². The van der Waals surface area contributed by atoms with Gasteiger partial charge < -0.3 is 10.3 Å². The number of benzene rings is 1. The lowest BCUT2D eigenvalue weighted by atomic mass is 9.77. The second-order valence-corrected chi connectivity index (χ2v) is 7.71. The Morgan fingerprint density at radius 3 is 2.67 bits per heavy atom. The van der Waals surface area contributed by atoms with Gasteiger partial charge in [0.15, 0.2) is 0 Å². The fraction of sp³-hybridized carbons (Fsp3) is 0.526. The van der Waals surface area contributed by atoms with Gasteiger partial charge in [0.25, 0.3) is 5.56 Å². The minimum atomic E-state index is -0.261. The van der Waals surface area contributed by atoms with Gasteiger partial charge in [-0.2, -0.15) is 0 Å². The fourth-order valence-corrected chi connectivity index (χ4v) is 3.51. The summed E-state index contributed by atoms with van der Waals surface area (Å²) in [7, 11) is 0. The molecule has 0 saturated heterocycles. The molecule has 0 spiro atoms. The van der Waals surface area contributed by atoms with E-state index in [0.29, 0.717) is 16.7 Å². The van der Waals surface area contributed by atoms with Crippen molar-refractivity contribution >= 4 is 16.8 Å². The molecule has 0 unspecified atom stereocenters. The minimum Gasteiger partial charge on any atom is -0.351 e. The van der Waals surface area contributed by atoms with Gasteiger partial charge in [-0.1, -0.05) is 25.0 Å². The normalized spacial score (nSPS) is 21.6. The van der Waals surface area contributed by atoms with Crippen LogP contribution in [-0.2, 0) is 4.79 Å². The first-order valence-electron chi connectivity index (χ1n) is 8.66. The molecular weight excluding hydrogens is 302 g/mol. The summed E-state index contributed by atoms with van der Waals surface area (Å²) < 4.78 is 0. The molecule has 1 saturated carbocycles. The van der Waals surface area contributed by atoms with Gasteiger partial charge in [-0.25, -0.2) is 4.98 Å². The molecule has 5 nitrogen and oxygen atoms in total. The highest BCUT2D eigenvalue weighted by Crippen LogP contribution is 2.36. The van der Waals surface area contributed by atoms with Crippen molar-refractivity contribution in [2.45, 2.75) is 57.9 Å². The number of aromatic amines is 1. The zero-order chi connectivity index (χ0) is 17.3. The molecule has 1 fully saturated rings. The molecule has 5 heteroatoms. The molecular formula is C19H25N3O2. The first kappa shape index (κ1) is 16.7. The number of aromatic nitrogens is 2.